The molecule has 1 heterocycles. The summed E-state index contributed by atoms with van der Waals surface area (Å²) in [4.78, 5) is 10.7. The van der Waals surface area contributed by atoms with Gasteiger partial charge in [0.05, 0.1) is 12.5 Å². The Morgan fingerprint density at radius 3 is 2.65 bits per heavy atom. The van der Waals surface area contributed by atoms with E-state index in [0.717, 1.165) is 23.0 Å². The molecule has 0 bridgehead atoms. The van der Waals surface area contributed by atoms with E-state index in [2.05, 4.69) is 13.0 Å². The molecule has 0 N–H and O–H groups in total. The zero-order valence-electron chi connectivity index (χ0n) is 10.5. The second kappa shape index (κ2) is 5.71. The molecule has 0 aliphatic rings. The molecule has 0 fully saturated rings. The maximum Gasteiger partial charge on any atom is 1.00 e. The average molecular weight is 239 g/mol. The monoisotopic (exact) mass is 239 g/mol. The Morgan fingerprint density at radius 1 is 1.35 bits per heavy atom. The summed E-state index contributed by atoms with van der Waals surface area (Å²) in [5.41, 5.74) is 3.17. The van der Waals surface area contributed by atoms with Crippen LogP contribution in [0.15, 0.2) is 24.3 Å². The summed E-state index contributed by atoms with van der Waals surface area (Å²) in [6, 6.07) is 8.13. The number of carboxylic acid groups (broad SMARTS) is 1. The van der Waals surface area contributed by atoms with E-state index in [1.807, 2.05) is 25.1 Å². The zero-order valence-corrected chi connectivity index (χ0v) is 12.5. The summed E-state index contributed by atoms with van der Waals surface area (Å²) in [7, 11) is 0. The number of carbonyl (C=O) groups excluding carboxylic acids is 1. The molecule has 17 heavy (non-hydrogen) atoms. The Kier molecular flexibility index (Phi) is 4.80. The first-order chi connectivity index (χ1) is 7.61. The molecule has 1 aromatic heterocycles. The van der Waals surface area contributed by atoms with Crippen LogP contribution in [-0.2, 0) is 17.8 Å². The number of aryl methyl sites for hydroxylation is 2. The summed E-state index contributed by atoms with van der Waals surface area (Å²) in [6.45, 7) is 3.93. The second-order valence-corrected chi connectivity index (χ2v) is 3.99. The van der Waals surface area contributed by atoms with Gasteiger partial charge < -0.3 is 14.5 Å². The molecular weight excluding hydrogens is 225 g/mol. The molecule has 3 nitrogen and oxygen atoms in total. The van der Waals surface area contributed by atoms with E-state index in [-0.39, 0.29) is 36.1 Å². The fourth-order valence-electron chi connectivity index (χ4n) is 2.02. The van der Waals surface area contributed by atoms with Gasteiger partial charge in [0, 0.05) is 16.6 Å². The summed E-state index contributed by atoms with van der Waals surface area (Å²) in [5, 5.41) is 11.7. The quantitative estimate of drug-likeness (QED) is 0.597. The molecular formula is C13H14NNaO2. The molecule has 0 saturated carbocycles. The predicted octanol–water partition coefficient (Wildman–Crippen LogP) is -1.73. The van der Waals surface area contributed by atoms with Gasteiger partial charge in [-0.05, 0) is 37.1 Å². The van der Waals surface area contributed by atoms with Crippen LogP contribution >= 0.6 is 0 Å². The van der Waals surface area contributed by atoms with Crippen LogP contribution < -0.4 is 34.7 Å². The van der Waals surface area contributed by atoms with Crippen LogP contribution in [0.1, 0.15) is 18.2 Å². The Hall–Kier alpha value is -0.770. The van der Waals surface area contributed by atoms with Crippen molar-refractivity contribution in [1.29, 1.82) is 0 Å². The summed E-state index contributed by atoms with van der Waals surface area (Å²) >= 11 is 0. The molecule has 1 aromatic carbocycles. The van der Waals surface area contributed by atoms with Crippen LogP contribution in [0.2, 0.25) is 0 Å². The number of aliphatic carboxylic acids is 1. The first-order valence-corrected chi connectivity index (χ1v) is 5.40. The number of nitrogens with zero attached hydrogens (tertiary/aromatic N) is 1. The number of rotatable bonds is 3. The number of hydrogen-bond donors (Lipinski definition) is 0. The van der Waals surface area contributed by atoms with Crippen molar-refractivity contribution in [2.45, 2.75) is 26.8 Å². The molecule has 84 valence electrons. The molecule has 0 aliphatic carbocycles. The third kappa shape index (κ3) is 2.92. The Balaban J connectivity index is 0.00000144. The van der Waals surface area contributed by atoms with Crippen molar-refractivity contribution in [3.63, 3.8) is 0 Å². The molecule has 0 atom stereocenters. The van der Waals surface area contributed by atoms with Gasteiger partial charge in [0.25, 0.3) is 0 Å². The van der Waals surface area contributed by atoms with Crippen molar-refractivity contribution >= 4 is 16.9 Å². The summed E-state index contributed by atoms with van der Waals surface area (Å²) < 4.78 is 1.77. The van der Waals surface area contributed by atoms with Crippen molar-refractivity contribution < 1.29 is 39.5 Å². The normalized spacial score (nSPS) is 10.2. The van der Waals surface area contributed by atoms with Gasteiger partial charge in [0.2, 0.25) is 0 Å². The Morgan fingerprint density at radius 2 is 2.06 bits per heavy atom. The van der Waals surface area contributed by atoms with Gasteiger partial charge in [-0.15, -0.1) is 0 Å². The summed E-state index contributed by atoms with van der Waals surface area (Å²) in [5.74, 6) is -1.06. The van der Waals surface area contributed by atoms with Crippen molar-refractivity contribution in [2.75, 3.05) is 0 Å². The van der Waals surface area contributed by atoms with E-state index in [0.29, 0.717) is 0 Å². The van der Waals surface area contributed by atoms with Crippen LogP contribution in [0.25, 0.3) is 10.9 Å². The molecule has 0 radical (unpaired) electrons. The van der Waals surface area contributed by atoms with Crippen LogP contribution in [0.4, 0.5) is 0 Å². The fraction of sp³-hybridized carbons (Fsp3) is 0.308. The first kappa shape index (κ1) is 14.3. The first-order valence-electron chi connectivity index (χ1n) is 5.40. The van der Waals surface area contributed by atoms with E-state index in [4.69, 9.17) is 0 Å². The van der Waals surface area contributed by atoms with Gasteiger partial charge in [0.15, 0.2) is 0 Å². The van der Waals surface area contributed by atoms with Crippen LogP contribution in [0, 0.1) is 6.92 Å². The van der Waals surface area contributed by atoms with Crippen LogP contribution in [0.5, 0.6) is 0 Å². The molecule has 2 rings (SSSR count). The van der Waals surface area contributed by atoms with Gasteiger partial charge in [-0.2, -0.15) is 0 Å². The molecule has 0 unspecified atom stereocenters. The van der Waals surface area contributed by atoms with E-state index < -0.39 is 5.97 Å². The van der Waals surface area contributed by atoms with Gasteiger partial charge in [-0.1, -0.05) is 13.0 Å². The van der Waals surface area contributed by atoms with E-state index in [9.17, 15) is 9.90 Å². The minimum atomic E-state index is -1.06. The maximum absolute atomic E-state index is 10.7. The Labute approximate surface area is 123 Å². The van der Waals surface area contributed by atoms with Crippen molar-refractivity contribution in [3.8, 4) is 0 Å². The van der Waals surface area contributed by atoms with Gasteiger partial charge >= 0.3 is 29.6 Å². The van der Waals surface area contributed by atoms with Gasteiger partial charge in [-0.3, -0.25) is 0 Å². The summed E-state index contributed by atoms with van der Waals surface area (Å²) in [6.07, 6.45) is 0.987. The number of benzene rings is 1. The predicted molar refractivity (Wildman–Crippen MR) is 61.1 cm³/mol. The molecule has 0 spiro atoms. The average Bonchev–Trinajstić information content (AvgIpc) is 2.54. The third-order valence-electron chi connectivity index (χ3n) is 2.87. The minimum absolute atomic E-state index is 0. The molecule has 0 amide bonds. The SMILES string of the molecule is CCc1ccc2c(c1)cc(C)n2CC(=O)[O-].[Na+]. The molecule has 4 heteroatoms. The zero-order chi connectivity index (χ0) is 11.7. The largest absolute Gasteiger partial charge is 1.00 e. The minimum Gasteiger partial charge on any atom is -0.548 e. The number of aromatic nitrogens is 1. The fourth-order valence-corrected chi connectivity index (χ4v) is 2.02. The van der Waals surface area contributed by atoms with E-state index >= 15 is 0 Å². The van der Waals surface area contributed by atoms with Crippen molar-refractivity contribution in [1.82, 2.24) is 4.57 Å². The second-order valence-electron chi connectivity index (χ2n) is 3.99. The number of carboxylic acids is 1. The van der Waals surface area contributed by atoms with Crippen LogP contribution in [0.3, 0.4) is 0 Å². The molecule has 0 saturated heterocycles. The van der Waals surface area contributed by atoms with Crippen molar-refractivity contribution in [3.05, 3.63) is 35.5 Å². The molecule has 0 aliphatic heterocycles. The third-order valence-corrected chi connectivity index (χ3v) is 2.87. The van der Waals surface area contributed by atoms with E-state index in [1.165, 1.54) is 5.56 Å². The van der Waals surface area contributed by atoms with Crippen molar-refractivity contribution in [2.24, 2.45) is 0 Å². The van der Waals surface area contributed by atoms with Crippen LogP contribution in [-0.4, -0.2) is 10.5 Å². The number of hydrogen-bond acceptors (Lipinski definition) is 2. The van der Waals surface area contributed by atoms with E-state index in [1.54, 1.807) is 4.57 Å². The van der Waals surface area contributed by atoms with Gasteiger partial charge in [0.1, 0.15) is 0 Å². The van der Waals surface area contributed by atoms with Gasteiger partial charge in [-0.25, -0.2) is 0 Å². The topological polar surface area (TPSA) is 45.1 Å². The smallest absolute Gasteiger partial charge is 0.548 e. The number of carbonyl (C=O) groups is 1. The Bertz CT molecular complexity index is 546. The maximum atomic E-state index is 10.7. The number of fused-ring (bicyclic) bond motifs is 1. The standard InChI is InChI=1S/C13H15NO2.Na/c1-3-10-4-5-12-11(7-10)6-9(2)14(12)8-13(15)16;/h4-7H,3,8H2,1-2H3,(H,15,16);/q;+1/p-1. The molecule has 2 aromatic rings.